The molecule has 0 radical (unpaired) electrons. The Balaban J connectivity index is 2.72. The number of piperazine rings is 1. The maximum Gasteiger partial charge on any atom is 0.0304 e. The quantitative estimate of drug-likeness (QED) is 0.780. The molecule has 0 aliphatic carbocycles. The molecule has 1 fully saturated rings. The van der Waals surface area contributed by atoms with Crippen LogP contribution in [0.2, 0.25) is 0 Å². The lowest BCUT2D eigenvalue weighted by atomic mass is 9.87. The maximum atomic E-state index is 3.76. The molecular weight excluding hydrogens is 220 g/mol. The molecular formula is C16H34N2. The number of nitrogens with one attached hydrogen (secondary N) is 1. The molecule has 0 bridgehead atoms. The van der Waals surface area contributed by atoms with E-state index in [1.54, 1.807) is 0 Å². The molecule has 2 heteroatoms. The first-order chi connectivity index (χ1) is 8.46. The van der Waals surface area contributed by atoms with Crippen molar-refractivity contribution in [3.63, 3.8) is 0 Å². The third kappa shape index (κ3) is 3.71. The fourth-order valence-corrected chi connectivity index (χ4v) is 2.93. The minimum absolute atomic E-state index is 0.355. The van der Waals surface area contributed by atoms with Crippen molar-refractivity contribution in [2.75, 3.05) is 19.6 Å². The van der Waals surface area contributed by atoms with Crippen molar-refractivity contribution in [2.45, 2.75) is 72.4 Å². The standard InChI is InChI=1S/C16H34N2/c1-7-14(8-2)10-18-11-15(13(4)5)17-12-16(18,6)9-3/h13-15,17H,7-12H2,1-6H3. The van der Waals surface area contributed by atoms with Crippen LogP contribution in [0.25, 0.3) is 0 Å². The number of hydrogen-bond donors (Lipinski definition) is 1. The van der Waals surface area contributed by atoms with E-state index in [1.807, 2.05) is 0 Å². The molecule has 1 aliphatic rings. The Morgan fingerprint density at radius 2 is 1.83 bits per heavy atom. The van der Waals surface area contributed by atoms with Gasteiger partial charge in [0.05, 0.1) is 0 Å². The summed E-state index contributed by atoms with van der Waals surface area (Å²) in [6, 6.07) is 0.666. The fraction of sp³-hybridized carbons (Fsp3) is 1.00. The van der Waals surface area contributed by atoms with Gasteiger partial charge >= 0.3 is 0 Å². The van der Waals surface area contributed by atoms with Crippen molar-refractivity contribution in [3.05, 3.63) is 0 Å². The second-order valence-electron chi connectivity index (χ2n) is 6.67. The van der Waals surface area contributed by atoms with E-state index in [4.69, 9.17) is 0 Å². The largest absolute Gasteiger partial charge is 0.311 e. The van der Waals surface area contributed by atoms with Gasteiger partial charge in [-0.05, 0) is 25.2 Å². The van der Waals surface area contributed by atoms with Gasteiger partial charge in [-0.15, -0.1) is 0 Å². The highest BCUT2D eigenvalue weighted by Crippen LogP contribution is 2.27. The van der Waals surface area contributed by atoms with Gasteiger partial charge in [-0.1, -0.05) is 47.5 Å². The van der Waals surface area contributed by atoms with Crippen molar-refractivity contribution < 1.29 is 0 Å². The molecule has 1 N–H and O–H groups in total. The van der Waals surface area contributed by atoms with Crippen molar-refractivity contribution >= 4 is 0 Å². The van der Waals surface area contributed by atoms with Gasteiger partial charge in [0.2, 0.25) is 0 Å². The van der Waals surface area contributed by atoms with Crippen molar-refractivity contribution in [1.29, 1.82) is 0 Å². The summed E-state index contributed by atoms with van der Waals surface area (Å²) in [6.07, 6.45) is 3.87. The summed E-state index contributed by atoms with van der Waals surface area (Å²) >= 11 is 0. The number of rotatable bonds is 6. The lowest BCUT2D eigenvalue weighted by molar-refractivity contribution is 0.0245. The molecule has 2 nitrogen and oxygen atoms in total. The third-order valence-corrected chi connectivity index (χ3v) is 5.13. The summed E-state index contributed by atoms with van der Waals surface area (Å²) in [6.45, 7) is 17.7. The number of nitrogens with zero attached hydrogens (tertiary/aromatic N) is 1. The average molecular weight is 254 g/mol. The summed E-state index contributed by atoms with van der Waals surface area (Å²) in [5, 5.41) is 3.76. The highest BCUT2D eigenvalue weighted by molar-refractivity contribution is 4.96. The summed E-state index contributed by atoms with van der Waals surface area (Å²) in [5.41, 5.74) is 0.355. The van der Waals surface area contributed by atoms with Gasteiger partial charge in [0.1, 0.15) is 0 Å². The van der Waals surface area contributed by atoms with Crippen LogP contribution in [0.3, 0.4) is 0 Å². The summed E-state index contributed by atoms with van der Waals surface area (Å²) in [4.78, 5) is 2.77. The lowest BCUT2D eigenvalue weighted by Crippen LogP contribution is -2.64. The molecule has 1 rings (SSSR count). The first-order valence-corrected chi connectivity index (χ1v) is 7.95. The molecule has 0 aromatic rings. The highest BCUT2D eigenvalue weighted by Gasteiger charge is 2.37. The first kappa shape index (κ1) is 16.0. The van der Waals surface area contributed by atoms with Crippen LogP contribution in [0, 0.1) is 11.8 Å². The topological polar surface area (TPSA) is 15.3 Å². The summed E-state index contributed by atoms with van der Waals surface area (Å²) in [7, 11) is 0. The molecule has 1 saturated heterocycles. The Morgan fingerprint density at radius 1 is 1.22 bits per heavy atom. The van der Waals surface area contributed by atoms with E-state index in [9.17, 15) is 0 Å². The SMILES string of the molecule is CCC(CC)CN1CC(C(C)C)NCC1(C)CC. The Kier molecular flexibility index (Phi) is 6.13. The van der Waals surface area contributed by atoms with Gasteiger partial charge in [-0.3, -0.25) is 4.90 Å². The molecule has 18 heavy (non-hydrogen) atoms. The predicted octanol–water partition coefficient (Wildman–Crippen LogP) is 3.52. The Hall–Kier alpha value is -0.0800. The van der Waals surface area contributed by atoms with Crippen LogP contribution in [0.1, 0.15) is 60.8 Å². The minimum atomic E-state index is 0.355. The molecule has 1 aliphatic heterocycles. The smallest absolute Gasteiger partial charge is 0.0304 e. The monoisotopic (exact) mass is 254 g/mol. The average Bonchev–Trinajstić information content (AvgIpc) is 2.37. The van der Waals surface area contributed by atoms with Gasteiger partial charge in [-0.2, -0.15) is 0 Å². The second-order valence-corrected chi connectivity index (χ2v) is 6.67. The molecule has 0 aromatic carbocycles. The summed E-state index contributed by atoms with van der Waals surface area (Å²) in [5.74, 6) is 1.59. The highest BCUT2D eigenvalue weighted by atomic mass is 15.3. The Bertz CT molecular complexity index is 233. The van der Waals surface area contributed by atoms with E-state index < -0.39 is 0 Å². The van der Waals surface area contributed by atoms with Gasteiger partial charge in [0.25, 0.3) is 0 Å². The van der Waals surface area contributed by atoms with Crippen LogP contribution in [0.4, 0.5) is 0 Å². The van der Waals surface area contributed by atoms with Crippen molar-refractivity contribution in [2.24, 2.45) is 11.8 Å². The minimum Gasteiger partial charge on any atom is -0.311 e. The number of hydrogen-bond acceptors (Lipinski definition) is 2. The van der Waals surface area contributed by atoms with Gasteiger partial charge in [0.15, 0.2) is 0 Å². The zero-order chi connectivity index (χ0) is 13.8. The van der Waals surface area contributed by atoms with Crippen molar-refractivity contribution in [1.82, 2.24) is 10.2 Å². The summed E-state index contributed by atoms with van der Waals surface area (Å²) < 4.78 is 0. The van der Waals surface area contributed by atoms with Crippen molar-refractivity contribution in [3.8, 4) is 0 Å². The maximum absolute atomic E-state index is 3.76. The molecule has 2 atom stereocenters. The molecule has 0 spiro atoms. The predicted molar refractivity (Wildman–Crippen MR) is 81.0 cm³/mol. The van der Waals surface area contributed by atoms with Gasteiger partial charge in [0, 0.05) is 31.2 Å². The van der Waals surface area contributed by atoms with E-state index in [0.29, 0.717) is 11.6 Å². The molecule has 0 saturated carbocycles. The first-order valence-electron chi connectivity index (χ1n) is 7.95. The Labute approximate surface area is 115 Å². The molecule has 108 valence electrons. The van der Waals surface area contributed by atoms with E-state index in [-0.39, 0.29) is 0 Å². The molecule has 2 unspecified atom stereocenters. The molecule has 0 amide bonds. The zero-order valence-corrected chi connectivity index (χ0v) is 13.4. The van der Waals surface area contributed by atoms with E-state index in [0.717, 1.165) is 18.4 Å². The van der Waals surface area contributed by atoms with Crippen LogP contribution in [-0.4, -0.2) is 36.1 Å². The second kappa shape index (κ2) is 6.91. The van der Waals surface area contributed by atoms with E-state index in [2.05, 4.69) is 51.8 Å². The normalized spacial score (nSPS) is 30.3. The van der Waals surface area contributed by atoms with E-state index in [1.165, 1.54) is 32.4 Å². The van der Waals surface area contributed by atoms with Crippen LogP contribution in [0.5, 0.6) is 0 Å². The Morgan fingerprint density at radius 3 is 2.28 bits per heavy atom. The van der Waals surface area contributed by atoms with Gasteiger partial charge < -0.3 is 5.32 Å². The van der Waals surface area contributed by atoms with Crippen LogP contribution < -0.4 is 5.32 Å². The van der Waals surface area contributed by atoms with Crippen LogP contribution in [-0.2, 0) is 0 Å². The molecule has 1 heterocycles. The molecule has 0 aromatic heterocycles. The van der Waals surface area contributed by atoms with E-state index >= 15 is 0 Å². The fourth-order valence-electron chi connectivity index (χ4n) is 2.93. The zero-order valence-electron chi connectivity index (χ0n) is 13.4. The van der Waals surface area contributed by atoms with Crippen LogP contribution >= 0.6 is 0 Å². The lowest BCUT2D eigenvalue weighted by Gasteiger charge is -2.50. The van der Waals surface area contributed by atoms with Crippen LogP contribution in [0.15, 0.2) is 0 Å². The van der Waals surface area contributed by atoms with Gasteiger partial charge in [-0.25, -0.2) is 0 Å². The third-order valence-electron chi connectivity index (χ3n) is 5.13.